The van der Waals surface area contributed by atoms with Gasteiger partial charge in [-0.3, -0.25) is 4.90 Å². The molecule has 2 aliphatic rings. The van der Waals surface area contributed by atoms with Gasteiger partial charge in [0, 0.05) is 25.2 Å². The first kappa shape index (κ1) is 13.7. The van der Waals surface area contributed by atoms with E-state index in [9.17, 15) is 0 Å². The van der Waals surface area contributed by atoms with Gasteiger partial charge >= 0.3 is 0 Å². The molecule has 1 saturated carbocycles. The molecule has 1 atom stereocenters. The first-order chi connectivity index (χ1) is 9.24. The van der Waals surface area contributed by atoms with Crippen LogP contribution in [0.5, 0.6) is 0 Å². The van der Waals surface area contributed by atoms with Gasteiger partial charge in [0.15, 0.2) is 0 Å². The Balaban J connectivity index is 1.68. The van der Waals surface area contributed by atoms with Gasteiger partial charge in [0.25, 0.3) is 0 Å². The molecule has 3 rings (SSSR count). The zero-order valence-electron chi connectivity index (χ0n) is 11.0. The van der Waals surface area contributed by atoms with Crippen molar-refractivity contribution in [3.63, 3.8) is 0 Å². The lowest BCUT2D eigenvalue weighted by Gasteiger charge is -2.26. The summed E-state index contributed by atoms with van der Waals surface area (Å²) >= 11 is 12.4. The highest BCUT2D eigenvalue weighted by Gasteiger charge is 2.31. The Morgan fingerprint density at radius 3 is 2.74 bits per heavy atom. The van der Waals surface area contributed by atoms with Gasteiger partial charge < -0.3 is 5.32 Å². The lowest BCUT2D eigenvalue weighted by atomic mass is 10.1. The minimum Gasteiger partial charge on any atom is -0.313 e. The molecule has 1 aromatic carbocycles. The van der Waals surface area contributed by atoms with E-state index in [4.69, 9.17) is 23.2 Å². The van der Waals surface area contributed by atoms with E-state index in [1.165, 1.54) is 32.2 Å². The van der Waals surface area contributed by atoms with Crippen molar-refractivity contribution in [2.75, 3.05) is 13.1 Å². The zero-order valence-corrected chi connectivity index (χ0v) is 12.6. The van der Waals surface area contributed by atoms with Crippen molar-refractivity contribution < 1.29 is 0 Å². The minimum atomic E-state index is 0.651. The van der Waals surface area contributed by atoms with E-state index < -0.39 is 0 Å². The molecule has 0 bridgehead atoms. The molecule has 1 aliphatic carbocycles. The Kier molecular flexibility index (Phi) is 4.33. The van der Waals surface area contributed by atoms with Crippen LogP contribution in [0.15, 0.2) is 18.2 Å². The van der Waals surface area contributed by atoms with Crippen molar-refractivity contribution in [3.8, 4) is 0 Å². The van der Waals surface area contributed by atoms with Crippen molar-refractivity contribution in [2.45, 2.75) is 44.3 Å². The van der Waals surface area contributed by atoms with Gasteiger partial charge in [-0.1, -0.05) is 35.3 Å². The molecular formula is C15H20Cl2N2. The van der Waals surface area contributed by atoms with Gasteiger partial charge in [-0.25, -0.2) is 0 Å². The molecule has 1 heterocycles. The van der Waals surface area contributed by atoms with E-state index in [1.54, 1.807) is 0 Å². The smallest absolute Gasteiger partial charge is 0.0637 e. The molecule has 1 unspecified atom stereocenters. The van der Waals surface area contributed by atoms with Crippen LogP contribution in [0.2, 0.25) is 10.0 Å². The predicted octanol–water partition coefficient (Wildman–Crippen LogP) is 3.71. The molecular weight excluding hydrogens is 279 g/mol. The Morgan fingerprint density at radius 1 is 1.21 bits per heavy atom. The molecule has 104 valence electrons. The number of benzene rings is 1. The standard InChI is InChI=1S/C15H20Cl2N2/c16-14-5-1-3-11(15(14)17)9-19(13-6-7-13)10-12-4-2-8-18-12/h1,3,5,12-13,18H,2,4,6-10H2. The SMILES string of the molecule is Clc1cccc(CN(CC2CCCN2)C2CC2)c1Cl. The number of nitrogens with zero attached hydrogens (tertiary/aromatic N) is 1. The van der Waals surface area contributed by atoms with E-state index in [1.807, 2.05) is 12.1 Å². The molecule has 0 amide bonds. The van der Waals surface area contributed by atoms with Crippen LogP contribution in [-0.2, 0) is 6.54 Å². The normalized spacial score (nSPS) is 23.2. The summed E-state index contributed by atoms with van der Waals surface area (Å²) in [5.41, 5.74) is 1.15. The summed E-state index contributed by atoms with van der Waals surface area (Å²) in [6.45, 7) is 3.22. The zero-order chi connectivity index (χ0) is 13.2. The average Bonchev–Trinajstić information content (AvgIpc) is 3.13. The number of hydrogen-bond acceptors (Lipinski definition) is 2. The third kappa shape index (κ3) is 3.43. The van der Waals surface area contributed by atoms with Crippen molar-refractivity contribution >= 4 is 23.2 Å². The molecule has 4 heteroatoms. The summed E-state index contributed by atoms with van der Waals surface area (Å²) in [6.07, 6.45) is 5.25. The molecule has 19 heavy (non-hydrogen) atoms. The quantitative estimate of drug-likeness (QED) is 0.891. The van der Waals surface area contributed by atoms with Crippen LogP contribution in [-0.4, -0.2) is 30.1 Å². The Labute approximate surface area is 125 Å². The fourth-order valence-corrected chi connectivity index (χ4v) is 3.25. The van der Waals surface area contributed by atoms with E-state index in [-0.39, 0.29) is 0 Å². The third-order valence-electron chi connectivity index (χ3n) is 4.09. The fourth-order valence-electron chi connectivity index (χ4n) is 2.87. The summed E-state index contributed by atoms with van der Waals surface area (Å²) in [5, 5.41) is 4.96. The number of nitrogens with one attached hydrogen (secondary N) is 1. The van der Waals surface area contributed by atoms with E-state index >= 15 is 0 Å². The molecule has 0 radical (unpaired) electrons. The minimum absolute atomic E-state index is 0.651. The van der Waals surface area contributed by atoms with Crippen LogP contribution in [0.1, 0.15) is 31.2 Å². The highest BCUT2D eigenvalue weighted by molar-refractivity contribution is 6.42. The molecule has 2 fully saturated rings. The van der Waals surface area contributed by atoms with E-state index in [0.717, 1.165) is 24.7 Å². The summed E-state index contributed by atoms with van der Waals surface area (Å²) in [4.78, 5) is 2.57. The van der Waals surface area contributed by atoms with Gasteiger partial charge in [-0.05, 0) is 43.9 Å². The maximum Gasteiger partial charge on any atom is 0.0637 e. The van der Waals surface area contributed by atoms with Crippen molar-refractivity contribution in [1.29, 1.82) is 0 Å². The molecule has 0 aromatic heterocycles. The van der Waals surface area contributed by atoms with Crippen LogP contribution < -0.4 is 5.32 Å². The van der Waals surface area contributed by atoms with Crippen molar-refractivity contribution in [1.82, 2.24) is 10.2 Å². The lowest BCUT2D eigenvalue weighted by Crippen LogP contribution is -2.38. The Hall–Kier alpha value is -0.280. The second-order valence-corrected chi connectivity index (χ2v) is 6.45. The Bertz CT molecular complexity index is 440. The van der Waals surface area contributed by atoms with Crippen LogP contribution in [0.4, 0.5) is 0 Å². The summed E-state index contributed by atoms with van der Waals surface area (Å²) in [5.74, 6) is 0. The van der Waals surface area contributed by atoms with Crippen LogP contribution >= 0.6 is 23.2 Å². The molecule has 1 aromatic rings. The average molecular weight is 299 g/mol. The topological polar surface area (TPSA) is 15.3 Å². The van der Waals surface area contributed by atoms with Gasteiger partial charge in [0.2, 0.25) is 0 Å². The van der Waals surface area contributed by atoms with Gasteiger partial charge in [-0.15, -0.1) is 0 Å². The number of hydrogen-bond donors (Lipinski definition) is 1. The lowest BCUT2D eigenvalue weighted by molar-refractivity contribution is 0.231. The van der Waals surface area contributed by atoms with Crippen LogP contribution in [0, 0.1) is 0 Å². The number of rotatable bonds is 5. The van der Waals surface area contributed by atoms with Crippen molar-refractivity contribution in [2.24, 2.45) is 0 Å². The van der Waals surface area contributed by atoms with E-state index in [0.29, 0.717) is 16.1 Å². The molecule has 2 nitrogen and oxygen atoms in total. The van der Waals surface area contributed by atoms with Crippen molar-refractivity contribution in [3.05, 3.63) is 33.8 Å². The van der Waals surface area contributed by atoms with Gasteiger partial charge in [0.05, 0.1) is 10.0 Å². The maximum absolute atomic E-state index is 6.30. The first-order valence-electron chi connectivity index (χ1n) is 7.14. The Morgan fingerprint density at radius 2 is 2.05 bits per heavy atom. The summed E-state index contributed by atoms with van der Waals surface area (Å²) in [6, 6.07) is 7.33. The maximum atomic E-state index is 6.30. The molecule has 1 saturated heterocycles. The van der Waals surface area contributed by atoms with Crippen LogP contribution in [0.25, 0.3) is 0 Å². The van der Waals surface area contributed by atoms with E-state index in [2.05, 4.69) is 16.3 Å². The summed E-state index contributed by atoms with van der Waals surface area (Å²) < 4.78 is 0. The predicted molar refractivity (Wildman–Crippen MR) is 80.9 cm³/mol. The molecule has 1 aliphatic heterocycles. The fraction of sp³-hybridized carbons (Fsp3) is 0.600. The molecule has 1 N–H and O–H groups in total. The highest BCUT2D eigenvalue weighted by atomic mass is 35.5. The second kappa shape index (κ2) is 6.01. The third-order valence-corrected chi connectivity index (χ3v) is 4.94. The first-order valence-corrected chi connectivity index (χ1v) is 7.90. The highest BCUT2D eigenvalue weighted by Crippen LogP contribution is 2.32. The van der Waals surface area contributed by atoms with Gasteiger partial charge in [0.1, 0.15) is 0 Å². The monoisotopic (exact) mass is 298 g/mol. The summed E-state index contributed by atoms with van der Waals surface area (Å²) in [7, 11) is 0. The molecule has 0 spiro atoms. The largest absolute Gasteiger partial charge is 0.313 e. The van der Waals surface area contributed by atoms with Crippen LogP contribution in [0.3, 0.4) is 0 Å². The number of halogens is 2. The van der Waals surface area contributed by atoms with Gasteiger partial charge in [-0.2, -0.15) is 0 Å². The second-order valence-electron chi connectivity index (χ2n) is 5.67.